The lowest BCUT2D eigenvalue weighted by Gasteiger charge is -2.37. The van der Waals surface area contributed by atoms with Gasteiger partial charge in [-0.15, -0.1) is 0 Å². The van der Waals surface area contributed by atoms with Crippen molar-refractivity contribution in [3.05, 3.63) is 54.0 Å². The number of hydrogen-bond donors (Lipinski definition) is 1. The van der Waals surface area contributed by atoms with Crippen LogP contribution in [0.4, 0.5) is 10.5 Å². The Kier molecular flexibility index (Phi) is 6.92. The van der Waals surface area contributed by atoms with Crippen molar-refractivity contribution in [3.63, 3.8) is 0 Å². The molecule has 2 saturated heterocycles. The number of furan rings is 1. The van der Waals surface area contributed by atoms with Gasteiger partial charge in [-0.3, -0.25) is 9.69 Å². The number of carbonyl (C=O) groups excluding carboxylic acids is 2. The van der Waals surface area contributed by atoms with Gasteiger partial charge in [0.2, 0.25) is 0 Å². The second-order valence-electron chi connectivity index (χ2n) is 8.39. The molecule has 7 nitrogen and oxygen atoms in total. The lowest BCUT2D eigenvalue weighted by atomic mass is 10.1. The number of hydrogen-bond acceptors (Lipinski definition) is 5. The zero-order valence-electron chi connectivity index (χ0n) is 18.3. The number of urea groups is 1. The van der Waals surface area contributed by atoms with Crippen molar-refractivity contribution >= 4 is 17.5 Å². The normalized spacial score (nSPS) is 18.6. The van der Waals surface area contributed by atoms with Crippen LogP contribution < -0.4 is 10.2 Å². The number of amides is 2. The smallest absolute Gasteiger partial charge is 0.317 e. The van der Waals surface area contributed by atoms with Crippen LogP contribution in [0.3, 0.4) is 0 Å². The first-order chi connectivity index (χ1) is 15.1. The summed E-state index contributed by atoms with van der Waals surface area (Å²) in [5.41, 5.74) is 1.81. The summed E-state index contributed by atoms with van der Waals surface area (Å²) in [5, 5.41) is 3.14. The molecule has 2 aliphatic heterocycles. The highest BCUT2D eigenvalue weighted by molar-refractivity contribution is 5.94. The number of benzene rings is 1. The van der Waals surface area contributed by atoms with Crippen molar-refractivity contribution in [1.29, 1.82) is 0 Å². The van der Waals surface area contributed by atoms with E-state index in [0.717, 1.165) is 43.2 Å². The van der Waals surface area contributed by atoms with E-state index < -0.39 is 0 Å². The quantitative estimate of drug-likeness (QED) is 0.719. The Labute approximate surface area is 184 Å². The van der Waals surface area contributed by atoms with Gasteiger partial charge in [0, 0.05) is 44.0 Å². The van der Waals surface area contributed by atoms with E-state index in [-0.39, 0.29) is 17.9 Å². The van der Waals surface area contributed by atoms with Crippen LogP contribution in [0.15, 0.2) is 47.1 Å². The van der Waals surface area contributed by atoms with Crippen LogP contribution in [0, 0.1) is 0 Å². The molecule has 7 heteroatoms. The van der Waals surface area contributed by atoms with Gasteiger partial charge in [0.05, 0.1) is 12.3 Å². The lowest BCUT2D eigenvalue weighted by Crippen LogP contribution is -2.53. The van der Waals surface area contributed by atoms with Crippen LogP contribution in [-0.4, -0.2) is 67.4 Å². The molecule has 1 N–H and O–H groups in total. The Morgan fingerprint density at radius 2 is 1.68 bits per heavy atom. The first-order valence-electron chi connectivity index (χ1n) is 11.3. The molecular weight excluding hydrogens is 392 g/mol. The van der Waals surface area contributed by atoms with E-state index in [9.17, 15) is 9.59 Å². The summed E-state index contributed by atoms with van der Waals surface area (Å²) in [7, 11) is 0. The van der Waals surface area contributed by atoms with Gasteiger partial charge in [0.1, 0.15) is 5.76 Å². The molecule has 0 saturated carbocycles. The highest BCUT2D eigenvalue weighted by atomic mass is 16.3. The standard InChI is InChI=1S/C24H32N4O3/c1-19(29)20-7-9-21(10-8-20)26-13-15-28(16-14-26)24(30)25-18-22(23-6-5-17-31-23)27-11-3-2-4-12-27/h5-10,17,22H,2-4,11-16,18H2,1H3,(H,25,30). The number of piperazine rings is 1. The number of nitrogens with one attached hydrogen (secondary N) is 1. The summed E-state index contributed by atoms with van der Waals surface area (Å²) in [6.07, 6.45) is 5.37. The number of carbonyl (C=O) groups is 2. The number of Topliss-reactive ketones (excluding diaryl/α,β-unsaturated/α-hetero) is 1. The maximum Gasteiger partial charge on any atom is 0.317 e. The molecular formula is C24H32N4O3. The minimum Gasteiger partial charge on any atom is -0.468 e. The summed E-state index contributed by atoms with van der Waals surface area (Å²) in [6, 6.07) is 11.7. The maximum absolute atomic E-state index is 12.8. The van der Waals surface area contributed by atoms with E-state index >= 15 is 0 Å². The van der Waals surface area contributed by atoms with Crippen LogP contribution in [0.5, 0.6) is 0 Å². The lowest BCUT2D eigenvalue weighted by molar-refractivity contribution is 0.101. The van der Waals surface area contributed by atoms with Gasteiger partial charge < -0.3 is 19.5 Å². The van der Waals surface area contributed by atoms with Crippen LogP contribution >= 0.6 is 0 Å². The van der Waals surface area contributed by atoms with Crippen molar-refractivity contribution in [2.45, 2.75) is 32.2 Å². The first kappa shape index (κ1) is 21.4. The molecule has 166 valence electrons. The van der Waals surface area contributed by atoms with Crippen LogP contribution in [0.2, 0.25) is 0 Å². The fourth-order valence-electron chi connectivity index (χ4n) is 4.49. The number of rotatable bonds is 6. The Bertz CT molecular complexity index is 851. The molecule has 0 aliphatic carbocycles. The molecule has 2 amide bonds. The molecule has 1 unspecified atom stereocenters. The third kappa shape index (κ3) is 5.28. The number of likely N-dealkylation sites (tertiary alicyclic amines) is 1. The molecule has 1 aromatic heterocycles. The fraction of sp³-hybridized carbons (Fsp3) is 0.500. The van der Waals surface area contributed by atoms with E-state index in [2.05, 4.69) is 15.1 Å². The van der Waals surface area contributed by atoms with Gasteiger partial charge in [-0.2, -0.15) is 0 Å². The molecule has 31 heavy (non-hydrogen) atoms. The zero-order chi connectivity index (χ0) is 21.6. The molecule has 0 bridgehead atoms. The third-order valence-electron chi connectivity index (χ3n) is 6.36. The monoisotopic (exact) mass is 424 g/mol. The minimum absolute atomic E-state index is 0.0138. The van der Waals surface area contributed by atoms with Crippen molar-refractivity contribution in [2.75, 3.05) is 50.7 Å². The largest absolute Gasteiger partial charge is 0.468 e. The number of anilines is 1. The molecule has 1 aromatic carbocycles. The average molecular weight is 425 g/mol. The van der Waals surface area contributed by atoms with E-state index in [4.69, 9.17) is 4.42 Å². The summed E-state index contributed by atoms with van der Waals surface area (Å²) >= 11 is 0. The molecule has 2 aromatic rings. The van der Waals surface area contributed by atoms with Gasteiger partial charge in [-0.05, 0) is 69.3 Å². The van der Waals surface area contributed by atoms with Crippen LogP contribution in [-0.2, 0) is 0 Å². The molecule has 0 spiro atoms. The predicted molar refractivity (Wildman–Crippen MR) is 121 cm³/mol. The first-order valence-corrected chi connectivity index (χ1v) is 11.3. The average Bonchev–Trinajstić information content (AvgIpc) is 3.34. The zero-order valence-corrected chi connectivity index (χ0v) is 18.3. The molecule has 0 radical (unpaired) electrons. The molecule has 4 rings (SSSR count). The van der Waals surface area contributed by atoms with Gasteiger partial charge in [-0.25, -0.2) is 4.79 Å². The molecule has 2 fully saturated rings. The van der Waals surface area contributed by atoms with E-state index in [1.807, 2.05) is 41.3 Å². The summed E-state index contributed by atoms with van der Waals surface area (Å²) < 4.78 is 5.68. The van der Waals surface area contributed by atoms with Gasteiger partial charge in [0.25, 0.3) is 0 Å². The Morgan fingerprint density at radius 1 is 0.968 bits per heavy atom. The molecule has 2 aliphatic rings. The Hall–Kier alpha value is -2.80. The maximum atomic E-state index is 12.8. The summed E-state index contributed by atoms with van der Waals surface area (Å²) in [4.78, 5) is 30.9. The summed E-state index contributed by atoms with van der Waals surface area (Å²) in [6.45, 7) is 7.13. The van der Waals surface area contributed by atoms with E-state index in [0.29, 0.717) is 19.6 Å². The van der Waals surface area contributed by atoms with Crippen molar-refractivity contribution in [1.82, 2.24) is 15.1 Å². The second kappa shape index (κ2) is 10.0. The molecule has 1 atom stereocenters. The fourth-order valence-corrected chi connectivity index (χ4v) is 4.49. The van der Waals surface area contributed by atoms with Gasteiger partial charge in [-0.1, -0.05) is 6.42 Å². The second-order valence-corrected chi connectivity index (χ2v) is 8.39. The van der Waals surface area contributed by atoms with Crippen molar-refractivity contribution in [3.8, 4) is 0 Å². The SMILES string of the molecule is CC(=O)c1ccc(N2CCN(C(=O)NCC(c3ccco3)N3CCCCC3)CC2)cc1. The van der Waals surface area contributed by atoms with Crippen molar-refractivity contribution in [2.24, 2.45) is 0 Å². The highest BCUT2D eigenvalue weighted by Gasteiger charge is 2.27. The van der Waals surface area contributed by atoms with E-state index in [1.54, 1.807) is 13.2 Å². The summed E-state index contributed by atoms with van der Waals surface area (Å²) in [5.74, 6) is 0.992. The topological polar surface area (TPSA) is 69.0 Å². The minimum atomic E-state index is -0.0138. The number of nitrogens with zero attached hydrogens (tertiary/aromatic N) is 3. The highest BCUT2D eigenvalue weighted by Crippen LogP contribution is 2.24. The number of piperidine rings is 1. The molecule has 3 heterocycles. The van der Waals surface area contributed by atoms with Crippen LogP contribution in [0.1, 0.15) is 48.3 Å². The number of ketones is 1. The third-order valence-corrected chi connectivity index (χ3v) is 6.36. The van der Waals surface area contributed by atoms with E-state index in [1.165, 1.54) is 19.3 Å². The van der Waals surface area contributed by atoms with Gasteiger partial charge >= 0.3 is 6.03 Å². The van der Waals surface area contributed by atoms with Crippen molar-refractivity contribution < 1.29 is 14.0 Å². The van der Waals surface area contributed by atoms with Crippen LogP contribution in [0.25, 0.3) is 0 Å². The van der Waals surface area contributed by atoms with Gasteiger partial charge in [0.15, 0.2) is 5.78 Å². The predicted octanol–water partition coefficient (Wildman–Crippen LogP) is 3.54. The Balaban J connectivity index is 1.29. The Morgan fingerprint density at radius 3 is 2.29 bits per heavy atom.